The van der Waals surface area contributed by atoms with E-state index in [-0.39, 0.29) is 6.54 Å². The topological polar surface area (TPSA) is 71.1 Å². The second-order valence-electron chi connectivity index (χ2n) is 4.06. The Morgan fingerprint density at radius 1 is 1.25 bits per heavy atom. The fourth-order valence-electron chi connectivity index (χ4n) is 1.43. The zero-order valence-corrected chi connectivity index (χ0v) is 12.2. The van der Waals surface area contributed by atoms with Crippen LogP contribution in [-0.4, -0.2) is 16.8 Å². The minimum Gasteiger partial charge on any atom is -0.344 e. The van der Waals surface area contributed by atoms with E-state index in [2.05, 4.69) is 15.6 Å². The highest BCUT2D eigenvalue weighted by Crippen LogP contribution is 2.14. The van der Waals surface area contributed by atoms with Crippen LogP contribution in [0.4, 0.5) is 5.13 Å². The molecule has 0 saturated heterocycles. The lowest BCUT2D eigenvalue weighted by atomic mass is 10.2. The normalized spacial score (nSPS) is 10.1. The molecule has 0 unspecified atom stereocenters. The Morgan fingerprint density at radius 2 is 1.95 bits per heavy atom. The Balaban J connectivity index is 1.85. The van der Waals surface area contributed by atoms with Gasteiger partial charge in [0, 0.05) is 16.9 Å². The highest BCUT2D eigenvalue weighted by molar-refractivity contribution is 7.14. The number of carbonyl (C=O) groups excluding carboxylic acids is 2. The van der Waals surface area contributed by atoms with Gasteiger partial charge in [0.25, 0.3) is 0 Å². The quantitative estimate of drug-likeness (QED) is 0.855. The van der Waals surface area contributed by atoms with Crippen molar-refractivity contribution in [2.24, 2.45) is 0 Å². The molecule has 5 nitrogen and oxygen atoms in total. The zero-order valence-electron chi connectivity index (χ0n) is 10.6. The van der Waals surface area contributed by atoms with Gasteiger partial charge in [-0.1, -0.05) is 23.7 Å². The van der Waals surface area contributed by atoms with Crippen LogP contribution in [0.25, 0.3) is 0 Å². The molecule has 7 heteroatoms. The van der Waals surface area contributed by atoms with E-state index in [0.29, 0.717) is 10.2 Å². The third-order valence-corrected chi connectivity index (χ3v) is 3.54. The number of anilines is 1. The maximum Gasteiger partial charge on any atom is 0.315 e. The fraction of sp³-hybridized carbons (Fsp3) is 0.154. The standard InChI is InChI=1S/C13H12ClN3O2S/c1-8-7-20-13(16-8)17-12(19)11(18)15-6-9-2-4-10(14)5-3-9/h2-5,7H,6H2,1H3,(H,15,18)(H,16,17,19). The van der Waals surface area contributed by atoms with Crippen molar-refractivity contribution < 1.29 is 9.59 Å². The van der Waals surface area contributed by atoms with Gasteiger partial charge in [0.05, 0.1) is 5.69 Å². The number of halogens is 1. The summed E-state index contributed by atoms with van der Waals surface area (Å²) in [5.41, 5.74) is 1.66. The third-order valence-electron chi connectivity index (χ3n) is 2.41. The molecular weight excluding hydrogens is 298 g/mol. The van der Waals surface area contributed by atoms with Crippen molar-refractivity contribution in [1.82, 2.24) is 10.3 Å². The number of carbonyl (C=O) groups is 2. The van der Waals surface area contributed by atoms with Crippen LogP contribution in [0, 0.1) is 6.92 Å². The molecule has 0 radical (unpaired) electrons. The van der Waals surface area contributed by atoms with Crippen LogP contribution >= 0.6 is 22.9 Å². The van der Waals surface area contributed by atoms with Crippen molar-refractivity contribution in [3.05, 3.63) is 45.9 Å². The SMILES string of the molecule is Cc1csc(NC(=O)C(=O)NCc2ccc(Cl)cc2)n1. The van der Waals surface area contributed by atoms with E-state index in [4.69, 9.17) is 11.6 Å². The minimum atomic E-state index is -0.728. The summed E-state index contributed by atoms with van der Waals surface area (Å²) in [5, 5.41) is 7.80. The molecule has 2 N–H and O–H groups in total. The Kier molecular flexibility index (Phi) is 4.70. The lowest BCUT2D eigenvalue weighted by Crippen LogP contribution is -2.34. The minimum absolute atomic E-state index is 0.264. The molecule has 1 heterocycles. The summed E-state index contributed by atoms with van der Waals surface area (Å²) >= 11 is 7.03. The molecular formula is C13H12ClN3O2S. The van der Waals surface area contributed by atoms with Crippen LogP contribution in [-0.2, 0) is 16.1 Å². The number of benzene rings is 1. The third kappa shape index (κ3) is 4.04. The molecule has 20 heavy (non-hydrogen) atoms. The van der Waals surface area contributed by atoms with Crippen LogP contribution < -0.4 is 10.6 Å². The molecule has 0 saturated carbocycles. The van der Waals surface area contributed by atoms with E-state index in [1.807, 2.05) is 6.92 Å². The summed E-state index contributed by atoms with van der Waals surface area (Å²) in [7, 11) is 0. The average molecular weight is 310 g/mol. The van der Waals surface area contributed by atoms with Gasteiger partial charge >= 0.3 is 11.8 Å². The second kappa shape index (κ2) is 6.49. The van der Waals surface area contributed by atoms with E-state index < -0.39 is 11.8 Å². The summed E-state index contributed by atoms with van der Waals surface area (Å²) in [5.74, 6) is -1.43. The van der Waals surface area contributed by atoms with Gasteiger partial charge in [0.15, 0.2) is 5.13 Å². The van der Waals surface area contributed by atoms with E-state index in [9.17, 15) is 9.59 Å². The van der Waals surface area contributed by atoms with Crippen LogP contribution in [0.3, 0.4) is 0 Å². The first-order chi connectivity index (χ1) is 9.54. The van der Waals surface area contributed by atoms with E-state index in [1.165, 1.54) is 11.3 Å². The highest BCUT2D eigenvalue weighted by Gasteiger charge is 2.14. The van der Waals surface area contributed by atoms with Crippen molar-refractivity contribution in [3.63, 3.8) is 0 Å². The predicted molar refractivity (Wildman–Crippen MR) is 78.8 cm³/mol. The highest BCUT2D eigenvalue weighted by atomic mass is 35.5. The van der Waals surface area contributed by atoms with Gasteiger partial charge in [-0.15, -0.1) is 11.3 Å². The number of aryl methyl sites for hydroxylation is 1. The maximum atomic E-state index is 11.6. The van der Waals surface area contributed by atoms with Crippen LogP contribution in [0.5, 0.6) is 0 Å². The molecule has 0 atom stereocenters. The number of amides is 2. The molecule has 1 aromatic carbocycles. The van der Waals surface area contributed by atoms with Gasteiger partial charge in [-0.3, -0.25) is 14.9 Å². The number of aromatic nitrogens is 1. The molecule has 0 bridgehead atoms. The predicted octanol–water partition coefficient (Wildman–Crippen LogP) is 2.36. The Morgan fingerprint density at radius 3 is 2.55 bits per heavy atom. The van der Waals surface area contributed by atoms with Gasteiger partial charge in [-0.2, -0.15) is 0 Å². The van der Waals surface area contributed by atoms with Crippen molar-refractivity contribution >= 4 is 39.9 Å². The number of rotatable bonds is 3. The molecule has 1 aromatic heterocycles. The van der Waals surface area contributed by atoms with Gasteiger partial charge in [-0.25, -0.2) is 4.98 Å². The summed E-state index contributed by atoms with van der Waals surface area (Å²) < 4.78 is 0. The molecule has 0 spiro atoms. The lowest BCUT2D eigenvalue weighted by Gasteiger charge is -2.05. The molecule has 104 valence electrons. The van der Waals surface area contributed by atoms with Gasteiger partial charge in [0.1, 0.15) is 0 Å². The largest absolute Gasteiger partial charge is 0.344 e. The number of nitrogens with one attached hydrogen (secondary N) is 2. The van der Waals surface area contributed by atoms with Crippen molar-refractivity contribution in [2.75, 3.05) is 5.32 Å². The first kappa shape index (κ1) is 14.5. The first-order valence-corrected chi connectivity index (χ1v) is 7.06. The molecule has 0 aliphatic rings. The molecule has 0 fully saturated rings. The van der Waals surface area contributed by atoms with Gasteiger partial charge in [-0.05, 0) is 24.6 Å². The monoisotopic (exact) mass is 309 g/mol. The second-order valence-corrected chi connectivity index (χ2v) is 5.35. The average Bonchev–Trinajstić information content (AvgIpc) is 2.83. The molecule has 2 aromatic rings. The fourth-order valence-corrected chi connectivity index (χ4v) is 2.24. The lowest BCUT2D eigenvalue weighted by molar-refractivity contribution is -0.136. The van der Waals surface area contributed by atoms with Crippen molar-refractivity contribution in [3.8, 4) is 0 Å². The summed E-state index contributed by atoms with van der Waals surface area (Å²) in [6, 6.07) is 7.01. The smallest absolute Gasteiger partial charge is 0.315 e. The van der Waals surface area contributed by atoms with E-state index >= 15 is 0 Å². The Bertz CT molecular complexity index is 625. The van der Waals surface area contributed by atoms with Crippen molar-refractivity contribution in [2.45, 2.75) is 13.5 Å². The number of nitrogens with zero attached hydrogens (tertiary/aromatic N) is 1. The maximum absolute atomic E-state index is 11.6. The van der Waals surface area contributed by atoms with Crippen LogP contribution in [0.1, 0.15) is 11.3 Å². The molecule has 2 amide bonds. The number of hydrogen-bond donors (Lipinski definition) is 2. The first-order valence-electron chi connectivity index (χ1n) is 5.80. The Labute approximate surface area is 125 Å². The molecule has 0 aliphatic carbocycles. The summed E-state index contributed by atoms with van der Waals surface area (Å²) in [6.07, 6.45) is 0. The molecule has 0 aliphatic heterocycles. The van der Waals surface area contributed by atoms with Gasteiger partial charge < -0.3 is 5.32 Å². The van der Waals surface area contributed by atoms with Crippen molar-refractivity contribution in [1.29, 1.82) is 0 Å². The van der Waals surface area contributed by atoms with Gasteiger partial charge in [0.2, 0.25) is 0 Å². The van der Waals surface area contributed by atoms with E-state index in [0.717, 1.165) is 11.3 Å². The van der Waals surface area contributed by atoms with Crippen LogP contribution in [0.15, 0.2) is 29.6 Å². The number of hydrogen-bond acceptors (Lipinski definition) is 4. The zero-order chi connectivity index (χ0) is 14.5. The number of thiazole rings is 1. The van der Waals surface area contributed by atoms with Crippen LogP contribution in [0.2, 0.25) is 5.02 Å². The summed E-state index contributed by atoms with van der Waals surface area (Å²) in [6.45, 7) is 2.08. The Hall–Kier alpha value is -1.92. The van der Waals surface area contributed by atoms with E-state index in [1.54, 1.807) is 29.6 Å². The molecule has 2 rings (SSSR count). The summed E-state index contributed by atoms with van der Waals surface area (Å²) in [4.78, 5) is 27.3.